The molecule has 0 aliphatic carbocycles. The third-order valence-corrected chi connectivity index (χ3v) is 5.57. The molecule has 2 rings (SSSR count). The van der Waals surface area contributed by atoms with E-state index in [2.05, 4.69) is 4.98 Å². The highest BCUT2D eigenvalue weighted by molar-refractivity contribution is 7.84. The smallest absolute Gasteiger partial charge is 0.251 e. The summed E-state index contributed by atoms with van der Waals surface area (Å²) in [5, 5.41) is 6.84. The van der Waals surface area contributed by atoms with Crippen molar-refractivity contribution in [3.8, 4) is 5.75 Å². The zero-order valence-electron chi connectivity index (χ0n) is 13.6. The van der Waals surface area contributed by atoms with Crippen molar-refractivity contribution in [2.75, 3.05) is 7.11 Å². The average molecular weight is 357 g/mol. The Bertz CT molecular complexity index is 817. The van der Waals surface area contributed by atoms with Gasteiger partial charge in [-0.05, 0) is 38.3 Å². The molecule has 5 nitrogen and oxygen atoms in total. The van der Waals surface area contributed by atoms with E-state index < -0.39 is 15.7 Å². The van der Waals surface area contributed by atoms with Crippen LogP contribution in [-0.4, -0.2) is 21.0 Å². The highest BCUT2D eigenvalue weighted by atomic mass is 35.5. The van der Waals surface area contributed by atoms with Crippen molar-refractivity contribution in [2.24, 2.45) is 5.14 Å². The number of rotatable bonds is 5. The number of nitrogens with one attached hydrogen (secondary N) is 1. The molecule has 0 amide bonds. The molecule has 0 bridgehead atoms. The second-order valence-corrected chi connectivity index (χ2v) is 8.40. The quantitative estimate of drug-likeness (QED) is 0.863. The maximum atomic E-state index is 12.4. The fraction of sp³-hybridized carbons (Fsp3) is 0.438. The molecular weight excluding hydrogens is 336 g/mol. The Labute approximate surface area is 142 Å². The number of ether oxygens (including phenoxy) is 1. The maximum Gasteiger partial charge on any atom is 0.251 e. The largest absolute Gasteiger partial charge is 0.495 e. The molecule has 7 heteroatoms. The Kier molecular flexibility index (Phi) is 5.18. The lowest BCUT2D eigenvalue weighted by atomic mass is 9.91. The van der Waals surface area contributed by atoms with Gasteiger partial charge in [-0.3, -0.25) is 9.93 Å². The summed E-state index contributed by atoms with van der Waals surface area (Å²) in [7, 11) is 0.0625. The lowest BCUT2D eigenvalue weighted by molar-refractivity contribution is 0.415. The Morgan fingerprint density at radius 1 is 1.39 bits per heavy atom. The van der Waals surface area contributed by atoms with Gasteiger partial charge < -0.3 is 9.72 Å². The van der Waals surface area contributed by atoms with Crippen LogP contribution in [0.1, 0.15) is 38.7 Å². The number of halogens is 1. The number of hydrogen-bond acceptors (Lipinski definition) is 3. The summed E-state index contributed by atoms with van der Waals surface area (Å²) in [5.74, 6) is 0.418. The summed E-state index contributed by atoms with van der Waals surface area (Å²) < 4.78 is 16.2. The van der Waals surface area contributed by atoms with Gasteiger partial charge in [-0.25, -0.2) is 4.21 Å². The molecule has 2 atom stereocenters. The number of nitrogens with two attached hydrogens (primary N) is 1. The molecule has 0 saturated heterocycles. The first-order chi connectivity index (χ1) is 10.7. The molecule has 0 saturated carbocycles. The van der Waals surface area contributed by atoms with Crippen LogP contribution in [0.3, 0.4) is 0 Å². The molecular formula is C16H21ClN2O3S. The zero-order chi connectivity index (χ0) is 17.4. The molecule has 1 aromatic heterocycles. The van der Waals surface area contributed by atoms with Crippen molar-refractivity contribution >= 4 is 33.5 Å². The minimum Gasteiger partial charge on any atom is -0.495 e. The first-order valence-corrected chi connectivity index (χ1v) is 8.81. The van der Waals surface area contributed by atoms with Crippen molar-refractivity contribution in [3.63, 3.8) is 0 Å². The Morgan fingerprint density at radius 2 is 2.04 bits per heavy atom. The van der Waals surface area contributed by atoms with Crippen LogP contribution in [0.15, 0.2) is 23.0 Å². The van der Waals surface area contributed by atoms with Gasteiger partial charge in [0.15, 0.2) is 0 Å². The van der Waals surface area contributed by atoms with Crippen LogP contribution in [0.2, 0.25) is 5.02 Å². The predicted molar refractivity (Wildman–Crippen MR) is 95.6 cm³/mol. The number of methoxy groups -OCH3 is 1. The number of H-pyrrole nitrogens is 1. The van der Waals surface area contributed by atoms with Gasteiger partial charge in [-0.1, -0.05) is 18.5 Å². The fourth-order valence-electron chi connectivity index (χ4n) is 2.68. The average Bonchev–Trinajstić information content (AvgIpc) is 2.45. The van der Waals surface area contributed by atoms with Crippen molar-refractivity contribution in [3.05, 3.63) is 39.1 Å². The molecule has 0 fully saturated rings. The topological polar surface area (TPSA) is 85.2 Å². The molecule has 2 aromatic rings. The Balaban J connectivity index is 2.48. The lowest BCUT2D eigenvalue weighted by Crippen LogP contribution is -2.34. The van der Waals surface area contributed by atoms with E-state index in [0.717, 1.165) is 5.39 Å². The van der Waals surface area contributed by atoms with Crippen molar-refractivity contribution in [1.82, 2.24) is 4.98 Å². The van der Waals surface area contributed by atoms with Crippen LogP contribution >= 0.6 is 11.6 Å². The van der Waals surface area contributed by atoms with Crippen LogP contribution < -0.4 is 15.4 Å². The standard InChI is InChI=1S/C16H21ClN2O3S/c1-9(8-16(2,3)23(18)21)11-5-10-6-12(17)14(22-4)7-13(10)19-15(11)20/h5-7,9H,8,18H2,1-4H3,(H,19,20)/t9-,23?/m1/s1. The molecule has 1 heterocycles. The third-order valence-electron chi connectivity index (χ3n) is 4.02. The van der Waals surface area contributed by atoms with Gasteiger partial charge >= 0.3 is 0 Å². The van der Waals surface area contributed by atoms with Crippen LogP contribution in [0, 0.1) is 0 Å². The summed E-state index contributed by atoms with van der Waals surface area (Å²) >= 11 is 6.15. The molecule has 0 spiro atoms. The maximum absolute atomic E-state index is 12.4. The number of fused-ring (bicyclic) bond motifs is 1. The number of aromatic nitrogens is 1. The predicted octanol–water partition coefficient (Wildman–Crippen LogP) is 3.08. The second-order valence-electron chi connectivity index (χ2n) is 6.29. The summed E-state index contributed by atoms with van der Waals surface area (Å²) in [6, 6.07) is 5.28. The van der Waals surface area contributed by atoms with E-state index in [4.69, 9.17) is 21.5 Å². The summed E-state index contributed by atoms with van der Waals surface area (Å²) in [6.45, 7) is 5.59. The highest BCUT2D eigenvalue weighted by Crippen LogP contribution is 2.31. The number of aromatic amines is 1. The fourth-order valence-corrected chi connectivity index (χ4v) is 3.34. The van der Waals surface area contributed by atoms with E-state index in [0.29, 0.717) is 28.3 Å². The van der Waals surface area contributed by atoms with Gasteiger partial charge in [0.05, 0.1) is 33.4 Å². The molecule has 0 radical (unpaired) electrons. The van der Waals surface area contributed by atoms with Gasteiger partial charge in [0.2, 0.25) is 0 Å². The van der Waals surface area contributed by atoms with Crippen molar-refractivity contribution in [2.45, 2.75) is 37.9 Å². The first kappa shape index (κ1) is 18.0. The van der Waals surface area contributed by atoms with E-state index in [9.17, 15) is 9.00 Å². The molecule has 23 heavy (non-hydrogen) atoms. The molecule has 1 unspecified atom stereocenters. The molecule has 0 aliphatic rings. The van der Waals surface area contributed by atoms with E-state index in [1.54, 1.807) is 12.1 Å². The molecule has 126 valence electrons. The summed E-state index contributed by atoms with van der Waals surface area (Å²) in [6.07, 6.45) is 0.536. The summed E-state index contributed by atoms with van der Waals surface area (Å²) in [5.41, 5.74) is 1.11. The monoisotopic (exact) mass is 356 g/mol. The van der Waals surface area contributed by atoms with Gasteiger partial charge in [-0.2, -0.15) is 0 Å². The number of pyridine rings is 1. The molecule has 1 aromatic carbocycles. The third kappa shape index (κ3) is 3.76. The SMILES string of the molecule is COc1cc2[nH]c(=O)c([C@H](C)CC(C)(C)S(N)=O)cc2cc1Cl. The van der Waals surface area contributed by atoms with Crippen LogP contribution in [0.5, 0.6) is 5.75 Å². The highest BCUT2D eigenvalue weighted by Gasteiger charge is 2.27. The second kappa shape index (κ2) is 6.63. The lowest BCUT2D eigenvalue weighted by Gasteiger charge is -2.25. The number of hydrogen-bond donors (Lipinski definition) is 2. The minimum absolute atomic E-state index is 0.0912. The van der Waals surface area contributed by atoms with E-state index in [1.807, 2.05) is 26.8 Å². The van der Waals surface area contributed by atoms with Crippen LogP contribution in [0.4, 0.5) is 0 Å². The van der Waals surface area contributed by atoms with Crippen LogP contribution in [0.25, 0.3) is 10.9 Å². The van der Waals surface area contributed by atoms with Gasteiger partial charge in [-0.15, -0.1) is 0 Å². The first-order valence-electron chi connectivity index (χ1n) is 7.22. The Morgan fingerprint density at radius 3 is 2.61 bits per heavy atom. The van der Waals surface area contributed by atoms with E-state index in [1.165, 1.54) is 7.11 Å². The summed E-state index contributed by atoms with van der Waals surface area (Å²) in [4.78, 5) is 15.2. The van der Waals surface area contributed by atoms with E-state index >= 15 is 0 Å². The normalized spacial score (nSPS) is 14.7. The number of benzene rings is 1. The Hall–Kier alpha value is -1.37. The molecule has 3 N–H and O–H groups in total. The van der Waals surface area contributed by atoms with Crippen molar-refractivity contribution < 1.29 is 8.95 Å². The van der Waals surface area contributed by atoms with Crippen LogP contribution in [-0.2, 0) is 11.0 Å². The van der Waals surface area contributed by atoms with Crippen molar-refractivity contribution in [1.29, 1.82) is 0 Å². The van der Waals surface area contributed by atoms with Gasteiger partial charge in [0.25, 0.3) is 5.56 Å². The zero-order valence-corrected chi connectivity index (χ0v) is 15.2. The van der Waals surface area contributed by atoms with Gasteiger partial charge in [0, 0.05) is 17.0 Å². The van der Waals surface area contributed by atoms with E-state index in [-0.39, 0.29) is 11.5 Å². The minimum atomic E-state index is -1.46. The molecule has 0 aliphatic heterocycles. The van der Waals surface area contributed by atoms with Gasteiger partial charge in [0.1, 0.15) is 5.75 Å².